The van der Waals surface area contributed by atoms with Gasteiger partial charge >= 0.3 is 0 Å². The van der Waals surface area contributed by atoms with Gasteiger partial charge in [-0.1, -0.05) is 12.8 Å². The van der Waals surface area contributed by atoms with Crippen LogP contribution in [-0.2, 0) is 10.0 Å². The van der Waals surface area contributed by atoms with Gasteiger partial charge in [0.1, 0.15) is 4.90 Å². The van der Waals surface area contributed by atoms with Crippen LogP contribution in [0.15, 0.2) is 29.4 Å². The first-order valence-corrected chi connectivity index (χ1v) is 7.18. The van der Waals surface area contributed by atoms with Crippen molar-refractivity contribution in [3.8, 4) is 0 Å². The van der Waals surface area contributed by atoms with Gasteiger partial charge in [-0.05, 0) is 25.0 Å². The lowest BCUT2D eigenvalue weighted by Gasteiger charge is -2.27. The second-order valence-corrected chi connectivity index (χ2v) is 5.98. The lowest BCUT2D eigenvalue weighted by atomic mass is 9.93. The minimum atomic E-state index is -3.57. The van der Waals surface area contributed by atoms with Crippen molar-refractivity contribution in [2.24, 2.45) is 0 Å². The average molecular weight is 256 g/mol. The molecule has 2 N–H and O–H groups in total. The Morgan fingerprint density at radius 3 is 2.76 bits per heavy atom. The molecule has 6 heteroatoms. The Bertz CT molecular complexity index is 461. The largest absolute Gasteiger partial charge is 0.391 e. The maximum atomic E-state index is 12.0. The van der Waals surface area contributed by atoms with Crippen LogP contribution in [0.5, 0.6) is 0 Å². The van der Waals surface area contributed by atoms with E-state index in [1.165, 1.54) is 18.5 Å². The highest BCUT2D eigenvalue weighted by Gasteiger charge is 2.27. The van der Waals surface area contributed by atoms with E-state index in [4.69, 9.17) is 0 Å². The first-order valence-electron chi connectivity index (χ1n) is 5.70. The zero-order valence-corrected chi connectivity index (χ0v) is 10.2. The maximum absolute atomic E-state index is 12.0. The van der Waals surface area contributed by atoms with Crippen LogP contribution < -0.4 is 4.72 Å². The smallest absolute Gasteiger partial charge is 0.242 e. The Kier molecular flexibility index (Phi) is 3.76. The van der Waals surface area contributed by atoms with Crippen molar-refractivity contribution in [1.29, 1.82) is 0 Å². The number of pyridine rings is 1. The molecule has 0 saturated heterocycles. The summed E-state index contributed by atoms with van der Waals surface area (Å²) in [6, 6.07) is 2.69. The fourth-order valence-electron chi connectivity index (χ4n) is 2.02. The quantitative estimate of drug-likeness (QED) is 0.832. The van der Waals surface area contributed by atoms with Gasteiger partial charge in [0.25, 0.3) is 0 Å². The van der Waals surface area contributed by atoms with Crippen LogP contribution in [0.4, 0.5) is 0 Å². The molecule has 1 saturated carbocycles. The highest BCUT2D eigenvalue weighted by atomic mass is 32.2. The topological polar surface area (TPSA) is 79.3 Å². The van der Waals surface area contributed by atoms with Crippen LogP contribution in [0.25, 0.3) is 0 Å². The summed E-state index contributed by atoms with van der Waals surface area (Å²) >= 11 is 0. The second kappa shape index (κ2) is 5.12. The van der Waals surface area contributed by atoms with E-state index >= 15 is 0 Å². The van der Waals surface area contributed by atoms with E-state index in [0.29, 0.717) is 12.8 Å². The van der Waals surface area contributed by atoms with Gasteiger partial charge in [0, 0.05) is 18.4 Å². The third kappa shape index (κ3) is 3.02. The summed E-state index contributed by atoms with van der Waals surface area (Å²) in [6.07, 6.45) is 5.46. The summed E-state index contributed by atoms with van der Waals surface area (Å²) in [5.41, 5.74) is 0. The molecule has 17 heavy (non-hydrogen) atoms. The van der Waals surface area contributed by atoms with Gasteiger partial charge in [0.15, 0.2) is 0 Å². The minimum absolute atomic E-state index is 0.137. The minimum Gasteiger partial charge on any atom is -0.391 e. The van der Waals surface area contributed by atoms with Crippen molar-refractivity contribution in [1.82, 2.24) is 9.71 Å². The molecule has 1 fully saturated rings. The highest BCUT2D eigenvalue weighted by Crippen LogP contribution is 2.20. The van der Waals surface area contributed by atoms with Crippen molar-refractivity contribution in [3.63, 3.8) is 0 Å². The van der Waals surface area contributed by atoms with Crippen LogP contribution in [0.3, 0.4) is 0 Å². The van der Waals surface area contributed by atoms with Crippen LogP contribution in [-0.4, -0.2) is 30.7 Å². The SMILES string of the molecule is O=S(=O)(N[C@H]1CCCC[C@@H]1O)c1cccnc1. The first kappa shape index (κ1) is 12.5. The number of hydrogen-bond donors (Lipinski definition) is 2. The van der Waals surface area contributed by atoms with Crippen LogP contribution in [0, 0.1) is 0 Å². The van der Waals surface area contributed by atoms with Crippen LogP contribution in [0.1, 0.15) is 25.7 Å². The molecule has 94 valence electrons. The van der Waals surface area contributed by atoms with Crippen molar-refractivity contribution in [3.05, 3.63) is 24.5 Å². The summed E-state index contributed by atoms with van der Waals surface area (Å²) in [5, 5.41) is 9.74. The molecule has 1 aromatic heterocycles. The van der Waals surface area contributed by atoms with E-state index in [1.807, 2.05) is 0 Å². The molecule has 2 rings (SSSR count). The number of aliphatic hydroxyl groups excluding tert-OH is 1. The van der Waals surface area contributed by atoms with E-state index in [-0.39, 0.29) is 10.9 Å². The fourth-order valence-corrected chi connectivity index (χ4v) is 3.29. The van der Waals surface area contributed by atoms with Gasteiger partial charge in [-0.2, -0.15) is 0 Å². The number of nitrogens with one attached hydrogen (secondary N) is 1. The molecular weight excluding hydrogens is 240 g/mol. The molecule has 1 aromatic rings. The van der Waals surface area contributed by atoms with Gasteiger partial charge < -0.3 is 5.11 Å². The predicted octanol–water partition coefficient (Wildman–Crippen LogP) is 0.663. The Morgan fingerprint density at radius 1 is 1.35 bits per heavy atom. The van der Waals surface area contributed by atoms with Crippen molar-refractivity contribution in [2.45, 2.75) is 42.7 Å². The molecule has 0 unspecified atom stereocenters. The third-order valence-corrected chi connectivity index (χ3v) is 4.46. The Hall–Kier alpha value is -0.980. The normalized spacial score (nSPS) is 25.7. The Balaban J connectivity index is 2.12. The average Bonchev–Trinajstić information content (AvgIpc) is 2.33. The zero-order chi connectivity index (χ0) is 12.3. The number of hydrogen-bond acceptors (Lipinski definition) is 4. The summed E-state index contributed by atoms with van der Waals surface area (Å²) in [7, 11) is -3.57. The molecule has 1 aliphatic rings. The van der Waals surface area contributed by atoms with E-state index in [2.05, 4.69) is 9.71 Å². The summed E-state index contributed by atoms with van der Waals surface area (Å²) in [5.74, 6) is 0. The van der Waals surface area contributed by atoms with E-state index in [1.54, 1.807) is 6.07 Å². The van der Waals surface area contributed by atoms with Gasteiger partial charge in [0.2, 0.25) is 10.0 Å². The molecular formula is C11H16N2O3S. The summed E-state index contributed by atoms with van der Waals surface area (Å²) < 4.78 is 26.5. The van der Waals surface area contributed by atoms with Crippen molar-refractivity contribution < 1.29 is 13.5 Å². The summed E-state index contributed by atoms with van der Waals surface area (Å²) in [4.78, 5) is 3.92. The number of sulfonamides is 1. The molecule has 1 heterocycles. The van der Waals surface area contributed by atoms with Gasteiger partial charge in [-0.3, -0.25) is 4.98 Å². The molecule has 0 aromatic carbocycles. The number of aromatic nitrogens is 1. The molecule has 0 aliphatic heterocycles. The molecule has 0 spiro atoms. The van der Waals surface area contributed by atoms with E-state index < -0.39 is 16.1 Å². The zero-order valence-electron chi connectivity index (χ0n) is 9.41. The maximum Gasteiger partial charge on any atom is 0.242 e. The Morgan fingerprint density at radius 2 is 2.12 bits per heavy atom. The van der Waals surface area contributed by atoms with Gasteiger partial charge in [0.05, 0.1) is 6.10 Å². The fraction of sp³-hybridized carbons (Fsp3) is 0.545. The van der Waals surface area contributed by atoms with Crippen molar-refractivity contribution in [2.75, 3.05) is 0 Å². The lowest BCUT2D eigenvalue weighted by Crippen LogP contribution is -2.44. The third-order valence-electron chi connectivity index (χ3n) is 2.98. The summed E-state index contributed by atoms with van der Waals surface area (Å²) in [6.45, 7) is 0. The standard InChI is InChI=1S/C11H16N2O3S/c14-11-6-2-1-5-10(11)13-17(15,16)9-4-3-7-12-8-9/h3-4,7-8,10-11,13-14H,1-2,5-6H2/t10-,11-/m0/s1. The second-order valence-electron chi connectivity index (χ2n) is 4.27. The van der Waals surface area contributed by atoms with E-state index in [9.17, 15) is 13.5 Å². The first-order chi connectivity index (χ1) is 8.09. The van der Waals surface area contributed by atoms with Gasteiger partial charge in [-0.25, -0.2) is 13.1 Å². The van der Waals surface area contributed by atoms with Crippen LogP contribution in [0.2, 0.25) is 0 Å². The van der Waals surface area contributed by atoms with E-state index in [0.717, 1.165) is 12.8 Å². The molecule has 2 atom stereocenters. The van der Waals surface area contributed by atoms with Gasteiger partial charge in [-0.15, -0.1) is 0 Å². The molecule has 0 bridgehead atoms. The number of nitrogens with zero attached hydrogens (tertiary/aromatic N) is 1. The molecule has 0 radical (unpaired) electrons. The highest BCUT2D eigenvalue weighted by molar-refractivity contribution is 7.89. The lowest BCUT2D eigenvalue weighted by molar-refractivity contribution is 0.101. The van der Waals surface area contributed by atoms with Crippen LogP contribution >= 0.6 is 0 Å². The molecule has 5 nitrogen and oxygen atoms in total. The monoisotopic (exact) mass is 256 g/mol. The number of rotatable bonds is 3. The van der Waals surface area contributed by atoms with Crippen molar-refractivity contribution >= 4 is 10.0 Å². The predicted molar refractivity (Wildman–Crippen MR) is 62.8 cm³/mol. The Labute approximate surface area is 101 Å². The number of aliphatic hydroxyl groups is 1. The molecule has 1 aliphatic carbocycles. The molecule has 0 amide bonds.